The van der Waals surface area contributed by atoms with Gasteiger partial charge in [0.05, 0.1) is 6.42 Å². The van der Waals surface area contributed by atoms with E-state index in [0.29, 0.717) is 13.0 Å². The summed E-state index contributed by atoms with van der Waals surface area (Å²) < 4.78 is 0. The summed E-state index contributed by atoms with van der Waals surface area (Å²) in [6.45, 7) is 2.74. The molecule has 0 saturated heterocycles. The van der Waals surface area contributed by atoms with E-state index in [9.17, 15) is 4.79 Å². The maximum atomic E-state index is 11.9. The van der Waals surface area contributed by atoms with Gasteiger partial charge < -0.3 is 5.32 Å². The summed E-state index contributed by atoms with van der Waals surface area (Å²) in [5.74, 6) is 0.0884. The zero-order valence-electron chi connectivity index (χ0n) is 11.8. The van der Waals surface area contributed by atoms with Gasteiger partial charge in [0.2, 0.25) is 5.91 Å². The number of rotatable bonds is 6. The van der Waals surface area contributed by atoms with Gasteiger partial charge in [-0.05, 0) is 42.5 Å². The lowest BCUT2D eigenvalue weighted by atomic mass is 10.1. The zero-order valence-corrected chi connectivity index (χ0v) is 11.8. The smallest absolute Gasteiger partial charge is 0.224 e. The Kier molecular flexibility index (Phi) is 5.30. The summed E-state index contributed by atoms with van der Waals surface area (Å²) in [7, 11) is 0. The van der Waals surface area contributed by atoms with Crippen molar-refractivity contribution in [3.8, 4) is 0 Å². The largest absolute Gasteiger partial charge is 0.356 e. The van der Waals surface area contributed by atoms with E-state index in [-0.39, 0.29) is 5.91 Å². The van der Waals surface area contributed by atoms with Crippen LogP contribution in [-0.4, -0.2) is 17.4 Å². The Hall–Kier alpha value is -2.16. The second kappa shape index (κ2) is 7.43. The predicted octanol–water partition coefficient (Wildman–Crippen LogP) is 2.68. The van der Waals surface area contributed by atoms with Crippen molar-refractivity contribution in [2.45, 2.75) is 26.2 Å². The van der Waals surface area contributed by atoms with Gasteiger partial charge in [-0.2, -0.15) is 0 Å². The fourth-order valence-corrected chi connectivity index (χ4v) is 2.11. The average molecular weight is 268 g/mol. The summed E-state index contributed by atoms with van der Waals surface area (Å²) in [6.07, 6.45) is 5.98. The SMILES string of the molecule is Cc1ccccc1CC(=O)NCCCc1cccnc1. The molecule has 104 valence electrons. The van der Waals surface area contributed by atoms with Crippen LogP contribution in [0.3, 0.4) is 0 Å². The molecule has 3 nitrogen and oxygen atoms in total. The molecule has 0 aliphatic carbocycles. The molecule has 1 aromatic carbocycles. The predicted molar refractivity (Wildman–Crippen MR) is 80.5 cm³/mol. The molecule has 1 aromatic heterocycles. The summed E-state index contributed by atoms with van der Waals surface area (Å²) in [5.41, 5.74) is 3.47. The van der Waals surface area contributed by atoms with Gasteiger partial charge in [-0.25, -0.2) is 0 Å². The number of nitrogens with zero attached hydrogens (tertiary/aromatic N) is 1. The third-order valence-electron chi connectivity index (χ3n) is 3.30. The standard InChI is InChI=1S/C17H20N2O/c1-14-6-2-3-9-16(14)12-17(20)19-11-5-8-15-7-4-10-18-13-15/h2-4,6-7,9-10,13H,5,8,11-12H2,1H3,(H,19,20). The van der Waals surface area contributed by atoms with Crippen molar-refractivity contribution in [3.05, 3.63) is 65.5 Å². The highest BCUT2D eigenvalue weighted by atomic mass is 16.1. The molecule has 0 saturated carbocycles. The lowest BCUT2D eigenvalue weighted by molar-refractivity contribution is -0.120. The monoisotopic (exact) mass is 268 g/mol. The van der Waals surface area contributed by atoms with E-state index >= 15 is 0 Å². The van der Waals surface area contributed by atoms with Crippen LogP contribution in [0.25, 0.3) is 0 Å². The molecule has 3 heteroatoms. The van der Waals surface area contributed by atoms with Crippen LogP contribution in [0.2, 0.25) is 0 Å². The summed E-state index contributed by atoms with van der Waals surface area (Å²) in [6, 6.07) is 12.0. The molecule has 0 aliphatic heterocycles. The van der Waals surface area contributed by atoms with Crippen molar-refractivity contribution >= 4 is 5.91 Å². The number of pyridine rings is 1. The molecular formula is C17H20N2O. The number of aryl methyl sites for hydroxylation is 2. The lowest BCUT2D eigenvalue weighted by Crippen LogP contribution is -2.26. The van der Waals surface area contributed by atoms with Gasteiger partial charge in [0.1, 0.15) is 0 Å². The Bertz CT molecular complexity index is 552. The van der Waals surface area contributed by atoms with Gasteiger partial charge in [0.25, 0.3) is 0 Å². The third kappa shape index (κ3) is 4.50. The van der Waals surface area contributed by atoms with Crippen LogP contribution in [0.15, 0.2) is 48.8 Å². The minimum Gasteiger partial charge on any atom is -0.356 e. The number of benzene rings is 1. The van der Waals surface area contributed by atoms with Crippen LogP contribution in [-0.2, 0) is 17.6 Å². The molecule has 2 aromatic rings. The number of aromatic nitrogens is 1. The molecule has 1 N–H and O–H groups in total. The van der Waals surface area contributed by atoms with Crippen molar-refractivity contribution in [2.24, 2.45) is 0 Å². The van der Waals surface area contributed by atoms with E-state index in [0.717, 1.165) is 24.0 Å². The van der Waals surface area contributed by atoms with Crippen LogP contribution in [0, 0.1) is 6.92 Å². The number of nitrogens with one attached hydrogen (secondary N) is 1. The van der Waals surface area contributed by atoms with Crippen LogP contribution < -0.4 is 5.32 Å². The Morgan fingerprint density at radius 2 is 2.05 bits per heavy atom. The lowest BCUT2D eigenvalue weighted by Gasteiger charge is -2.07. The number of hydrogen-bond acceptors (Lipinski definition) is 2. The van der Waals surface area contributed by atoms with Gasteiger partial charge in [-0.15, -0.1) is 0 Å². The quantitative estimate of drug-likeness (QED) is 0.818. The molecular weight excluding hydrogens is 248 g/mol. The highest BCUT2D eigenvalue weighted by Gasteiger charge is 2.04. The Morgan fingerprint density at radius 1 is 1.20 bits per heavy atom. The molecule has 0 unspecified atom stereocenters. The van der Waals surface area contributed by atoms with E-state index in [2.05, 4.69) is 16.4 Å². The third-order valence-corrected chi connectivity index (χ3v) is 3.30. The molecule has 0 aliphatic rings. The second-order valence-corrected chi connectivity index (χ2v) is 4.92. The molecule has 0 bridgehead atoms. The molecule has 1 amide bonds. The minimum atomic E-state index is 0.0884. The first kappa shape index (κ1) is 14.3. The normalized spacial score (nSPS) is 10.2. The van der Waals surface area contributed by atoms with Gasteiger partial charge in [-0.1, -0.05) is 30.3 Å². The van der Waals surface area contributed by atoms with Gasteiger partial charge in [0.15, 0.2) is 0 Å². The number of hydrogen-bond donors (Lipinski definition) is 1. The fraction of sp³-hybridized carbons (Fsp3) is 0.294. The van der Waals surface area contributed by atoms with Gasteiger partial charge in [-0.3, -0.25) is 9.78 Å². The van der Waals surface area contributed by atoms with Gasteiger partial charge >= 0.3 is 0 Å². The van der Waals surface area contributed by atoms with E-state index < -0.39 is 0 Å². The Balaban J connectivity index is 1.69. The topological polar surface area (TPSA) is 42.0 Å². The first-order valence-electron chi connectivity index (χ1n) is 6.96. The summed E-state index contributed by atoms with van der Waals surface area (Å²) in [5, 5.41) is 2.97. The highest BCUT2D eigenvalue weighted by Crippen LogP contribution is 2.07. The Labute approximate surface area is 120 Å². The second-order valence-electron chi connectivity index (χ2n) is 4.92. The summed E-state index contributed by atoms with van der Waals surface area (Å²) >= 11 is 0. The van der Waals surface area contributed by atoms with E-state index in [1.54, 1.807) is 6.20 Å². The number of carbonyl (C=O) groups excluding carboxylic acids is 1. The van der Waals surface area contributed by atoms with Gasteiger partial charge in [0, 0.05) is 18.9 Å². The average Bonchev–Trinajstić information content (AvgIpc) is 2.47. The first-order chi connectivity index (χ1) is 9.75. The number of amides is 1. The zero-order chi connectivity index (χ0) is 14.2. The van der Waals surface area contributed by atoms with Crippen LogP contribution in [0.5, 0.6) is 0 Å². The fourth-order valence-electron chi connectivity index (χ4n) is 2.11. The molecule has 0 fully saturated rings. The van der Waals surface area contributed by atoms with Crippen LogP contribution in [0.4, 0.5) is 0 Å². The van der Waals surface area contributed by atoms with Crippen LogP contribution in [0.1, 0.15) is 23.1 Å². The molecule has 0 radical (unpaired) electrons. The summed E-state index contributed by atoms with van der Waals surface area (Å²) in [4.78, 5) is 15.9. The minimum absolute atomic E-state index is 0.0884. The molecule has 1 heterocycles. The molecule has 2 rings (SSSR count). The van der Waals surface area contributed by atoms with E-state index in [1.165, 1.54) is 5.56 Å². The Morgan fingerprint density at radius 3 is 2.80 bits per heavy atom. The first-order valence-corrected chi connectivity index (χ1v) is 6.96. The van der Waals surface area contributed by atoms with Crippen molar-refractivity contribution in [1.29, 1.82) is 0 Å². The van der Waals surface area contributed by atoms with Crippen molar-refractivity contribution in [2.75, 3.05) is 6.54 Å². The number of carbonyl (C=O) groups is 1. The molecule has 0 spiro atoms. The van der Waals surface area contributed by atoms with Crippen molar-refractivity contribution in [1.82, 2.24) is 10.3 Å². The molecule has 0 atom stereocenters. The maximum Gasteiger partial charge on any atom is 0.224 e. The van der Waals surface area contributed by atoms with Crippen LogP contribution >= 0.6 is 0 Å². The molecule has 20 heavy (non-hydrogen) atoms. The van der Waals surface area contributed by atoms with Crippen molar-refractivity contribution in [3.63, 3.8) is 0 Å². The maximum absolute atomic E-state index is 11.9. The van der Waals surface area contributed by atoms with E-state index in [4.69, 9.17) is 0 Å². The van der Waals surface area contributed by atoms with E-state index in [1.807, 2.05) is 43.5 Å². The highest BCUT2D eigenvalue weighted by molar-refractivity contribution is 5.78. The van der Waals surface area contributed by atoms with Crippen molar-refractivity contribution < 1.29 is 4.79 Å².